The second-order valence-corrected chi connectivity index (χ2v) is 15.1. The molecule has 0 saturated heterocycles. The summed E-state index contributed by atoms with van der Waals surface area (Å²) in [6.07, 6.45) is 4.70. The van der Waals surface area contributed by atoms with Crippen LogP contribution in [-0.4, -0.2) is 49.4 Å². The molecule has 0 saturated carbocycles. The number of thioether (sulfide) groups is 1. The van der Waals surface area contributed by atoms with Gasteiger partial charge in [0.15, 0.2) is 0 Å². The van der Waals surface area contributed by atoms with E-state index in [1.165, 1.54) is 0 Å². The van der Waals surface area contributed by atoms with Crippen LogP contribution in [0, 0.1) is 6.92 Å². The van der Waals surface area contributed by atoms with Crippen LogP contribution in [0.2, 0.25) is 0 Å². The predicted molar refractivity (Wildman–Crippen MR) is 191 cm³/mol. The third-order valence-electron chi connectivity index (χ3n) is 8.41. The lowest BCUT2D eigenvalue weighted by molar-refractivity contribution is -0.642. The van der Waals surface area contributed by atoms with Crippen molar-refractivity contribution in [3.63, 3.8) is 0 Å². The molecule has 3 heterocycles. The zero-order valence-corrected chi connectivity index (χ0v) is 29.7. The van der Waals surface area contributed by atoms with Gasteiger partial charge in [-0.15, -0.1) is 0 Å². The molecule has 0 N–H and O–H groups in total. The second kappa shape index (κ2) is 13.7. The minimum Gasteiger partial charge on any atom is -0.748 e. The molecule has 2 aromatic heterocycles. The number of benzene rings is 3. The highest BCUT2D eigenvalue weighted by molar-refractivity contribution is 8.03. The van der Waals surface area contributed by atoms with Crippen molar-refractivity contribution in [3.05, 3.63) is 104 Å². The minimum atomic E-state index is -4.34. The summed E-state index contributed by atoms with van der Waals surface area (Å²) in [6, 6.07) is 21.3. The molecule has 0 bridgehead atoms. The Morgan fingerprint density at radius 3 is 2.42 bits per heavy atom. The second-order valence-electron chi connectivity index (χ2n) is 11.4. The van der Waals surface area contributed by atoms with Crippen molar-refractivity contribution < 1.29 is 27.0 Å². The van der Waals surface area contributed by atoms with Gasteiger partial charge in [0.25, 0.3) is 10.6 Å². The Hall–Kier alpha value is -4.30. The summed E-state index contributed by atoms with van der Waals surface area (Å²) < 4.78 is 51.5. The first-order chi connectivity index (χ1) is 23.0. The number of methoxy groups -OCH3 is 2. The Morgan fingerprint density at radius 2 is 1.71 bits per heavy atom. The van der Waals surface area contributed by atoms with Gasteiger partial charge in [0.05, 0.1) is 46.3 Å². The van der Waals surface area contributed by atoms with Crippen molar-refractivity contribution in [3.8, 4) is 17.2 Å². The Morgan fingerprint density at radius 1 is 1.00 bits per heavy atom. The van der Waals surface area contributed by atoms with E-state index in [-0.39, 0.29) is 12.0 Å². The number of rotatable bonds is 11. The SMILES string of the molecule is COc1ccc2c(c1)S/C(=C\C(=C\c1sc3cc(OC)ccc3[n+]1C)c1c(C)n(CCCCS(=O)(=O)[O-])n(-c3ccccc3)c1=O)N2C. The van der Waals surface area contributed by atoms with E-state index in [9.17, 15) is 17.8 Å². The highest BCUT2D eigenvalue weighted by Crippen LogP contribution is 2.47. The zero-order chi connectivity index (χ0) is 34.2. The molecule has 0 amide bonds. The molecular formula is C35H36N4O6S3. The normalized spacial score (nSPS) is 14.2. The molecule has 0 unspecified atom stereocenters. The third-order valence-corrected chi connectivity index (χ3v) is 11.5. The molecule has 3 aromatic carbocycles. The molecule has 5 aromatic rings. The topological polar surface area (TPSA) is 110 Å². The van der Waals surface area contributed by atoms with Crippen molar-refractivity contribution in [2.45, 2.75) is 31.2 Å². The van der Waals surface area contributed by atoms with Crippen molar-refractivity contribution in [2.75, 3.05) is 31.9 Å². The molecule has 1 aliphatic heterocycles. The lowest BCUT2D eigenvalue weighted by atomic mass is 10.1. The van der Waals surface area contributed by atoms with Crippen molar-refractivity contribution in [1.82, 2.24) is 9.36 Å². The highest BCUT2D eigenvalue weighted by Gasteiger charge is 2.27. The largest absolute Gasteiger partial charge is 0.748 e. The number of ether oxygens (including phenoxy) is 2. The lowest BCUT2D eigenvalue weighted by Gasteiger charge is -2.15. The summed E-state index contributed by atoms with van der Waals surface area (Å²) in [7, 11) is 2.97. The number of fused-ring (bicyclic) bond motifs is 2. The van der Waals surface area contributed by atoms with Gasteiger partial charge in [-0.05, 0) is 67.8 Å². The average Bonchev–Trinajstić information content (AvgIpc) is 3.64. The van der Waals surface area contributed by atoms with Crippen LogP contribution >= 0.6 is 23.1 Å². The van der Waals surface area contributed by atoms with Crippen LogP contribution in [0.5, 0.6) is 11.5 Å². The minimum absolute atomic E-state index is 0.193. The maximum Gasteiger partial charge on any atom is 0.279 e. The Bertz CT molecular complexity index is 2230. The third kappa shape index (κ3) is 6.68. The molecule has 48 heavy (non-hydrogen) atoms. The number of para-hydroxylation sites is 1. The van der Waals surface area contributed by atoms with Crippen molar-refractivity contribution in [2.24, 2.45) is 7.05 Å². The van der Waals surface area contributed by atoms with E-state index in [0.29, 0.717) is 24.2 Å². The van der Waals surface area contributed by atoms with Crippen molar-refractivity contribution in [1.29, 1.82) is 0 Å². The smallest absolute Gasteiger partial charge is 0.279 e. The first-order valence-electron chi connectivity index (χ1n) is 15.3. The molecule has 13 heteroatoms. The maximum absolute atomic E-state index is 14.6. The lowest BCUT2D eigenvalue weighted by Crippen LogP contribution is -2.29. The fourth-order valence-corrected chi connectivity index (χ4v) is 8.70. The fourth-order valence-electron chi connectivity index (χ4n) is 5.88. The molecule has 10 nitrogen and oxygen atoms in total. The quantitative estimate of drug-likeness (QED) is 0.0943. The molecule has 0 spiro atoms. The van der Waals surface area contributed by atoms with Gasteiger partial charge < -0.3 is 18.9 Å². The van der Waals surface area contributed by atoms with Crippen LogP contribution in [0.15, 0.2) is 87.5 Å². The van der Waals surface area contributed by atoms with E-state index in [4.69, 9.17) is 9.47 Å². The highest BCUT2D eigenvalue weighted by atomic mass is 32.2. The Kier molecular flexibility index (Phi) is 9.57. The predicted octanol–water partition coefficient (Wildman–Crippen LogP) is 5.95. The molecule has 0 fully saturated rings. The summed E-state index contributed by atoms with van der Waals surface area (Å²) in [5.74, 6) is 1.08. The zero-order valence-electron chi connectivity index (χ0n) is 27.3. The standard InChI is InChI=1S/C35H36N4O6S3/c1-23-34(35(40)39(25-11-7-6-8-12-25)38(23)17-9-10-18-48(41,42)43)24(19-32-36(2)28-15-13-26(44-4)21-30(28)46-32)20-33-37(3)29-16-14-27(45-5)22-31(29)47-33/h6-8,11-16,19-22H,9-10,17-18H2,1-5H3. The van der Waals surface area contributed by atoms with Crippen LogP contribution in [0.4, 0.5) is 5.69 Å². The molecule has 1 aliphatic rings. The van der Waals surface area contributed by atoms with Gasteiger partial charge in [0.1, 0.15) is 23.2 Å². The van der Waals surface area contributed by atoms with Gasteiger partial charge in [-0.25, -0.2) is 13.1 Å². The van der Waals surface area contributed by atoms with E-state index in [1.807, 2.05) is 92.4 Å². The monoisotopic (exact) mass is 704 g/mol. The number of hydrogen-bond donors (Lipinski definition) is 0. The number of aryl methyl sites for hydroxylation is 1. The van der Waals surface area contributed by atoms with Gasteiger partial charge in [0.2, 0.25) is 5.52 Å². The molecule has 6 rings (SSSR count). The number of anilines is 1. The number of allylic oxidation sites excluding steroid dienone is 2. The number of unbranched alkanes of at least 4 members (excludes halogenated alkanes) is 1. The summed E-state index contributed by atoms with van der Waals surface area (Å²) in [6.45, 7) is 2.26. The number of aromatic nitrogens is 3. The molecule has 0 radical (unpaired) electrons. The van der Waals surface area contributed by atoms with Crippen LogP contribution < -0.4 is 24.5 Å². The Balaban J connectivity index is 1.54. The van der Waals surface area contributed by atoms with Gasteiger partial charge in [-0.1, -0.05) is 41.3 Å². The van der Waals surface area contributed by atoms with Gasteiger partial charge in [0, 0.05) is 48.1 Å². The fraction of sp³-hybridized carbons (Fsp3) is 0.257. The van der Waals surface area contributed by atoms with Crippen LogP contribution in [0.25, 0.3) is 27.6 Å². The maximum atomic E-state index is 14.6. The van der Waals surface area contributed by atoms with E-state index in [1.54, 1.807) is 42.0 Å². The Labute approximate surface area is 287 Å². The molecular weight excluding hydrogens is 669 g/mol. The molecule has 0 atom stereocenters. The first-order valence-corrected chi connectivity index (χ1v) is 18.5. The first kappa shape index (κ1) is 33.6. The summed E-state index contributed by atoms with van der Waals surface area (Å²) in [5, 5.41) is 1.88. The molecule has 250 valence electrons. The number of nitrogens with zero attached hydrogens (tertiary/aromatic N) is 4. The van der Waals surface area contributed by atoms with Crippen LogP contribution in [0.3, 0.4) is 0 Å². The summed E-state index contributed by atoms with van der Waals surface area (Å²) in [5.41, 5.74) is 4.55. The van der Waals surface area contributed by atoms with Crippen LogP contribution in [-0.2, 0) is 23.7 Å². The number of hydrogen-bond acceptors (Lipinski definition) is 9. The molecule has 0 aliphatic carbocycles. The van der Waals surface area contributed by atoms with E-state index >= 15 is 0 Å². The van der Waals surface area contributed by atoms with E-state index in [0.717, 1.165) is 53.6 Å². The van der Waals surface area contributed by atoms with E-state index < -0.39 is 15.9 Å². The van der Waals surface area contributed by atoms with E-state index in [2.05, 4.69) is 21.6 Å². The van der Waals surface area contributed by atoms with Crippen LogP contribution in [0.1, 0.15) is 29.1 Å². The van der Waals surface area contributed by atoms with Gasteiger partial charge in [-0.2, -0.15) is 4.57 Å². The summed E-state index contributed by atoms with van der Waals surface area (Å²) >= 11 is 3.21. The van der Waals surface area contributed by atoms with Crippen molar-refractivity contribution >= 4 is 60.8 Å². The number of thiazole rings is 1. The van der Waals surface area contributed by atoms with Gasteiger partial charge in [-0.3, -0.25) is 9.48 Å². The summed E-state index contributed by atoms with van der Waals surface area (Å²) in [4.78, 5) is 17.8. The average molecular weight is 705 g/mol. The van der Waals surface area contributed by atoms with Gasteiger partial charge >= 0.3 is 0 Å².